The summed E-state index contributed by atoms with van der Waals surface area (Å²) in [5, 5.41) is 3.50. The van der Waals surface area contributed by atoms with Crippen molar-refractivity contribution in [1.82, 2.24) is 5.32 Å². The molecule has 0 amide bonds. The van der Waals surface area contributed by atoms with E-state index in [0.29, 0.717) is 6.04 Å². The lowest BCUT2D eigenvalue weighted by molar-refractivity contribution is 0.554. The number of hydrogen-bond donors (Lipinski definition) is 1. The summed E-state index contributed by atoms with van der Waals surface area (Å²) >= 11 is 0. The summed E-state index contributed by atoms with van der Waals surface area (Å²) < 4.78 is 0. The Bertz CT molecular complexity index is 218. The molecule has 1 nitrogen and oxygen atoms in total. The highest BCUT2D eigenvalue weighted by Gasteiger charge is 2.01. The first-order valence-corrected chi connectivity index (χ1v) is 5.13. The quantitative estimate of drug-likeness (QED) is 0.681. The monoisotopic (exact) mass is 177 g/mol. The van der Waals surface area contributed by atoms with Crippen LogP contribution in [-0.2, 0) is 0 Å². The molecule has 0 aromatic heterocycles. The van der Waals surface area contributed by atoms with Gasteiger partial charge in [0.15, 0.2) is 0 Å². The molecule has 0 fully saturated rings. The lowest BCUT2D eigenvalue weighted by Gasteiger charge is -2.13. The minimum atomic E-state index is 0.479. The van der Waals surface area contributed by atoms with Crippen molar-refractivity contribution in [3.05, 3.63) is 35.9 Å². The Morgan fingerprint density at radius 2 is 1.92 bits per heavy atom. The van der Waals surface area contributed by atoms with Gasteiger partial charge in [0.25, 0.3) is 0 Å². The molecule has 1 N–H and O–H groups in total. The maximum Gasteiger partial charge on any atom is 0.0291 e. The van der Waals surface area contributed by atoms with Crippen LogP contribution in [0.3, 0.4) is 0 Å². The zero-order chi connectivity index (χ0) is 9.52. The molecule has 0 aliphatic heterocycles. The van der Waals surface area contributed by atoms with Gasteiger partial charge in [0.1, 0.15) is 0 Å². The molecule has 0 radical (unpaired) electrons. The fourth-order valence-corrected chi connectivity index (χ4v) is 1.35. The van der Waals surface area contributed by atoms with E-state index in [-0.39, 0.29) is 0 Å². The molecule has 1 rings (SSSR count). The van der Waals surface area contributed by atoms with Gasteiger partial charge in [-0.2, -0.15) is 0 Å². The number of unbranched alkanes of at least 4 members (excludes halogenated alkanes) is 1. The van der Waals surface area contributed by atoms with E-state index in [1.54, 1.807) is 0 Å². The number of benzene rings is 1. The lowest BCUT2D eigenvalue weighted by atomic mass is 10.1. The average molecular weight is 177 g/mol. The maximum absolute atomic E-state index is 3.50. The SMILES string of the molecule is CCCCNC(C)c1ccccc1. The van der Waals surface area contributed by atoms with Crippen LogP contribution in [-0.4, -0.2) is 6.54 Å². The van der Waals surface area contributed by atoms with Gasteiger partial charge in [-0.25, -0.2) is 0 Å². The molecule has 72 valence electrons. The van der Waals surface area contributed by atoms with Crippen molar-refractivity contribution in [2.24, 2.45) is 0 Å². The van der Waals surface area contributed by atoms with Crippen LogP contribution in [0.1, 0.15) is 38.3 Å². The number of nitrogens with one attached hydrogen (secondary N) is 1. The van der Waals surface area contributed by atoms with Gasteiger partial charge in [0.05, 0.1) is 0 Å². The molecular weight excluding hydrogens is 158 g/mol. The van der Waals surface area contributed by atoms with E-state index in [1.165, 1.54) is 18.4 Å². The van der Waals surface area contributed by atoms with Gasteiger partial charge in [0, 0.05) is 6.04 Å². The molecule has 0 saturated heterocycles. The van der Waals surface area contributed by atoms with Crippen molar-refractivity contribution in [2.45, 2.75) is 32.7 Å². The van der Waals surface area contributed by atoms with E-state index in [2.05, 4.69) is 49.5 Å². The van der Waals surface area contributed by atoms with Crippen LogP contribution in [0.2, 0.25) is 0 Å². The van der Waals surface area contributed by atoms with Crippen LogP contribution in [0.15, 0.2) is 30.3 Å². The third kappa shape index (κ3) is 3.60. The largest absolute Gasteiger partial charge is 0.310 e. The highest BCUT2D eigenvalue weighted by Crippen LogP contribution is 2.10. The second-order valence-corrected chi connectivity index (χ2v) is 3.44. The van der Waals surface area contributed by atoms with Crippen molar-refractivity contribution in [3.8, 4) is 0 Å². The molecule has 0 aliphatic carbocycles. The summed E-state index contributed by atoms with van der Waals surface area (Å²) in [5.41, 5.74) is 1.37. The molecule has 13 heavy (non-hydrogen) atoms. The molecule has 0 spiro atoms. The smallest absolute Gasteiger partial charge is 0.0291 e. The molecule has 1 aromatic rings. The van der Waals surface area contributed by atoms with Gasteiger partial charge in [0.2, 0.25) is 0 Å². The van der Waals surface area contributed by atoms with E-state index in [1.807, 2.05) is 0 Å². The fourth-order valence-electron chi connectivity index (χ4n) is 1.35. The lowest BCUT2D eigenvalue weighted by Crippen LogP contribution is -2.19. The minimum absolute atomic E-state index is 0.479. The van der Waals surface area contributed by atoms with Crippen LogP contribution in [0, 0.1) is 0 Å². The minimum Gasteiger partial charge on any atom is -0.310 e. The van der Waals surface area contributed by atoms with Crippen LogP contribution in [0.25, 0.3) is 0 Å². The molecule has 0 bridgehead atoms. The van der Waals surface area contributed by atoms with E-state index in [9.17, 15) is 0 Å². The standard InChI is InChI=1S/C12H19N/c1-3-4-10-13-11(2)12-8-6-5-7-9-12/h5-9,11,13H,3-4,10H2,1-2H3. The zero-order valence-electron chi connectivity index (χ0n) is 8.59. The summed E-state index contributed by atoms with van der Waals surface area (Å²) in [6.07, 6.45) is 2.52. The Labute approximate surface area is 81.2 Å². The topological polar surface area (TPSA) is 12.0 Å². The predicted molar refractivity (Wildman–Crippen MR) is 57.8 cm³/mol. The fraction of sp³-hybridized carbons (Fsp3) is 0.500. The van der Waals surface area contributed by atoms with Gasteiger partial charge in [-0.3, -0.25) is 0 Å². The van der Waals surface area contributed by atoms with Gasteiger partial charge < -0.3 is 5.32 Å². The summed E-state index contributed by atoms with van der Waals surface area (Å²) in [6.45, 7) is 5.55. The summed E-state index contributed by atoms with van der Waals surface area (Å²) in [7, 11) is 0. The summed E-state index contributed by atoms with van der Waals surface area (Å²) in [4.78, 5) is 0. The molecule has 1 aromatic carbocycles. The van der Waals surface area contributed by atoms with Crippen molar-refractivity contribution in [2.75, 3.05) is 6.54 Å². The molecule has 1 atom stereocenters. The molecule has 0 aliphatic rings. The average Bonchev–Trinajstić information content (AvgIpc) is 2.19. The molecule has 1 unspecified atom stereocenters. The summed E-state index contributed by atoms with van der Waals surface area (Å²) in [5.74, 6) is 0. The van der Waals surface area contributed by atoms with Crippen molar-refractivity contribution >= 4 is 0 Å². The molecule has 1 heteroatoms. The van der Waals surface area contributed by atoms with Crippen LogP contribution in [0.5, 0.6) is 0 Å². The maximum atomic E-state index is 3.50. The van der Waals surface area contributed by atoms with Crippen LogP contribution < -0.4 is 5.32 Å². The first-order valence-electron chi connectivity index (χ1n) is 5.13. The Balaban J connectivity index is 2.35. The second kappa shape index (κ2) is 5.76. The first-order chi connectivity index (χ1) is 6.34. The van der Waals surface area contributed by atoms with E-state index in [4.69, 9.17) is 0 Å². The Morgan fingerprint density at radius 3 is 2.54 bits per heavy atom. The number of rotatable bonds is 5. The third-order valence-electron chi connectivity index (χ3n) is 2.28. The van der Waals surface area contributed by atoms with Crippen molar-refractivity contribution in [3.63, 3.8) is 0 Å². The highest BCUT2D eigenvalue weighted by molar-refractivity contribution is 5.17. The Morgan fingerprint density at radius 1 is 1.23 bits per heavy atom. The van der Waals surface area contributed by atoms with Crippen molar-refractivity contribution < 1.29 is 0 Å². The third-order valence-corrected chi connectivity index (χ3v) is 2.28. The second-order valence-electron chi connectivity index (χ2n) is 3.44. The van der Waals surface area contributed by atoms with Crippen LogP contribution in [0.4, 0.5) is 0 Å². The predicted octanol–water partition coefficient (Wildman–Crippen LogP) is 3.14. The van der Waals surface area contributed by atoms with Crippen molar-refractivity contribution in [1.29, 1.82) is 0 Å². The molecule has 0 heterocycles. The molecular formula is C12H19N. The normalized spacial score (nSPS) is 12.8. The Kier molecular flexibility index (Phi) is 4.55. The van der Waals surface area contributed by atoms with E-state index in [0.717, 1.165) is 6.54 Å². The van der Waals surface area contributed by atoms with E-state index < -0.39 is 0 Å². The Hall–Kier alpha value is -0.820. The number of hydrogen-bond acceptors (Lipinski definition) is 1. The first kappa shape index (κ1) is 10.3. The summed E-state index contributed by atoms with van der Waals surface area (Å²) in [6, 6.07) is 11.1. The highest BCUT2D eigenvalue weighted by atomic mass is 14.9. The van der Waals surface area contributed by atoms with E-state index >= 15 is 0 Å². The molecule has 0 saturated carbocycles. The van der Waals surface area contributed by atoms with Gasteiger partial charge >= 0.3 is 0 Å². The zero-order valence-corrected chi connectivity index (χ0v) is 8.59. The van der Waals surface area contributed by atoms with Gasteiger partial charge in [-0.05, 0) is 25.5 Å². The van der Waals surface area contributed by atoms with Crippen LogP contribution >= 0.6 is 0 Å². The van der Waals surface area contributed by atoms with Gasteiger partial charge in [-0.1, -0.05) is 43.7 Å². The van der Waals surface area contributed by atoms with Gasteiger partial charge in [-0.15, -0.1) is 0 Å².